The first kappa shape index (κ1) is 19.2. The lowest BCUT2D eigenvalue weighted by Gasteiger charge is -2.30. The van der Waals surface area contributed by atoms with Gasteiger partial charge in [-0.3, -0.25) is 9.59 Å². The standard InChI is InChI=1S/C20H26N2O2S/c1-4-15(2)22(14-17-9-6-5-7-10-17)20(24)13-18(21-16(3)23)19-11-8-12-25-19/h5-12,15,18H,4,13-14H2,1-3H3,(H,21,23)/t15-,18+/m1/s1. The first-order chi connectivity index (χ1) is 12.0. The van der Waals surface area contributed by atoms with Gasteiger partial charge in [-0.25, -0.2) is 0 Å². The fourth-order valence-corrected chi connectivity index (χ4v) is 3.52. The highest BCUT2D eigenvalue weighted by molar-refractivity contribution is 7.10. The summed E-state index contributed by atoms with van der Waals surface area (Å²) >= 11 is 1.56. The van der Waals surface area contributed by atoms with E-state index in [-0.39, 0.29) is 30.3 Å². The maximum absolute atomic E-state index is 13.0. The van der Waals surface area contributed by atoms with Crippen molar-refractivity contribution < 1.29 is 9.59 Å². The molecule has 1 heterocycles. The molecule has 0 aliphatic rings. The van der Waals surface area contributed by atoms with E-state index in [9.17, 15) is 9.59 Å². The van der Waals surface area contributed by atoms with Gasteiger partial charge < -0.3 is 10.2 Å². The Hall–Kier alpha value is -2.14. The predicted octanol–water partition coefficient (Wildman–Crippen LogP) is 4.14. The maximum atomic E-state index is 13.0. The van der Waals surface area contributed by atoms with Crippen molar-refractivity contribution in [3.05, 3.63) is 58.3 Å². The van der Waals surface area contributed by atoms with Gasteiger partial charge in [-0.2, -0.15) is 0 Å². The fraction of sp³-hybridized carbons (Fsp3) is 0.400. The minimum atomic E-state index is -0.271. The van der Waals surface area contributed by atoms with Crippen LogP contribution in [0.3, 0.4) is 0 Å². The molecule has 2 rings (SSSR count). The minimum absolute atomic E-state index is 0.0605. The van der Waals surface area contributed by atoms with Crippen molar-refractivity contribution in [2.45, 2.75) is 52.2 Å². The highest BCUT2D eigenvalue weighted by Crippen LogP contribution is 2.24. The van der Waals surface area contributed by atoms with Crippen LogP contribution >= 0.6 is 11.3 Å². The largest absolute Gasteiger partial charge is 0.348 e. The van der Waals surface area contributed by atoms with Crippen molar-refractivity contribution in [2.24, 2.45) is 0 Å². The van der Waals surface area contributed by atoms with E-state index in [1.165, 1.54) is 6.92 Å². The molecule has 2 aromatic rings. The molecule has 0 spiro atoms. The molecule has 1 N–H and O–H groups in total. The van der Waals surface area contributed by atoms with Gasteiger partial charge in [0.15, 0.2) is 0 Å². The van der Waals surface area contributed by atoms with Crippen LogP contribution in [0.4, 0.5) is 0 Å². The zero-order chi connectivity index (χ0) is 18.2. The normalized spacial score (nSPS) is 13.1. The molecule has 2 amide bonds. The van der Waals surface area contributed by atoms with Gasteiger partial charge >= 0.3 is 0 Å². The Morgan fingerprint density at radius 1 is 1.16 bits per heavy atom. The molecule has 5 heteroatoms. The highest BCUT2D eigenvalue weighted by atomic mass is 32.1. The summed E-state index contributed by atoms with van der Waals surface area (Å²) in [5.74, 6) is -0.0605. The smallest absolute Gasteiger partial charge is 0.225 e. The van der Waals surface area contributed by atoms with Crippen molar-refractivity contribution in [1.82, 2.24) is 10.2 Å². The van der Waals surface area contributed by atoms with Crippen LogP contribution < -0.4 is 5.32 Å². The summed E-state index contributed by atoms with van der Waals surface area (Å²) in [5, 5.41) is 4.88. The summed E-state index contributed by atoms with van der Waals surface area (Å²) in [5.41, 5.74) is 1.11. The number of amides is 2. The molecule has 0 radical (unpaired) electrons. The summed E-state index contributed by atoms with van der Waals surface area (Å²) in [7, 11) is 0. The predicted molar refractivity (Wildman–Crippen MR) is 102 cm³/mol. The van der Waals surface area contributed by atoms with Crippen molar-refractivity contribution in [2.75, 3.05) is 0 Å². The van der Waals surface area contributed by atoms with E-state index in [1.54, 1.807) is 11.3 Å². The van der Waals surface area contributed by atoms with Gasteiger partial charge in [0.05, 0.1) is 12.5 Å². The summed E-state index contributed by atoms with van der Waals surface area (Å²) in [4.78, 5) is 27.5. The van der Waals surface area contributed by atoms with Crippen LogP contribution in [0.15, 0.2) is 47.8 Å². The molecule has 25 heavy (non-hydrogen) atoms. The Morgan fingerprint density at radius 3 is 2.44 bits per heavy atom. The molecule has 0 aliphatic heterocycles. The number of hydrogen-bond donors (Lipinski definition) is 1. The third-order valence-electron chi connectivity index (χ3n) is 4.28. The lowest BCUT2D eigenvalue weighted by molar-refractivity contribution is -0.134. The monoisotopic (exact) mass is 358 g/mol. The van der Waals surface area contributed by atoms with E-state index in [0.717, 1.165) is 16.9 Å². The van der Waals surface area contributed by atoms with Gasteiger partial charge in [0.1, 0.15) is 0 Å². The van der Waals surface area contributed by atoms with Crippen LogP contribution in [-0.4, -0.2) is 22.8 Å². The molecule has 0 fully saturated rings. The molecule has 0 saturated carbocycles. The number of carbonyl (C=O) groups is 2. The zero-order valence-electron chi connectivity index (χ0n) is 15.1. The topological polar surface area (TPSA) is 49.4 Å². The number of nitrogens with one attached hydrogen (secondary N) is 1. The first-order valence-electron chi connectivity index (χ1n) is 8.65. The van der Waals surface area contributed by atoms with E-state index in [4.69, 9.17) is 0 Å². The average molecular weight is 359 g/mol. The molecule has 0 unspecified atom stereocenters. The molecule has 134 valence electrons. The number of carbonyl (C=O) groups excluding carboxylic acids is 2. The maximum Gasteiger partial charge on any atom is 0.225 e. The van der Waals surface area contributed by atoms with Crippen molar-refractivity contribution in [1.29, 1.82) is 0 Å². The fourth-order valence-electron chi connectivity index (χ4n) is 2.74. The van der Waals surface area contributed by atoms with Crippen LogP contribution in [0.25, 0.3) is 0 Å². The minimum Gasteiger partial charge on any atom is -0.348 e. The number of nitrogens with zero attached hydrogens (tertiary/aromatic N) is 1. The van der Waals surface area contributed by atoms with E-state index in [1.807, 2.05) is 52.7 Å². The number of benzene rings is 1. The summed E-state index contributed by atoms with van der Waals surface area (Å²) in [6.07, 6.45) is 1.17. The van der Waals surface area contributed by atoms with Gasteiger partial charge in [-0.05, 0) is 30.4 Å². The van der Waals surface area contributed by atoms with Crippen molar-refractivity contribution in [3.63, 3.8) is 0 Å². The van der Waals surface area contributed by atoms with Gasteiger partial charge in [-0.1, -0.05) is 43.3 Å². The lowest BCUT2D eigenvalue weighted by Crippen LogP contribution is -2.40. The van der Waals surface area contributed by atoms with Gasteiger partial charge in [0.2, 0.25) is 11.8 Å². The average Bonchev–Trinajstić information content (AvgIpc) is 3.13. The highest BCUT2D eigenvalue weighted by Gasteiger charge is 2.24. The lowest BCUT2D eigenvalue weighted by atomic mass is 10.1. The Kier molecular flexibility index (Phi) is 7.19. The van der Waals surface area contributed by atoms with E-state index >= 15 is 0 Å². The molecule has 0 aliphatic carbocycles. The molecular weight excluding hydrogens is 332 g/mol. The SMILES string of the molecule is CC[C@@H](C)N(Cc1ccccc1)C(=O)C[C@H](NC(C)=O)c1cccs1. The summed E-state index contributed by atoms with van der Waals surface area (Å²) in [6.45, 7) is 6.23. The third-order valence-corrected chi connectivity index (χ3v) is 5.27. The second kappa shape index (κ2) is 9.37. The molecule has 0 bridgehead atoms. The van der Waals surface area contributed by atoms with Crippen LogP contribution in [0.2, 0.25) is 0 Å². The Bertz CT molecular complexity index is 670. The number of thiophene rings is 1. The van der Waals surface area contributed by atoms with Crippen LogP contribution in [0, 0.1) is 0 Å². The quantitative estimate of drug-likeness (QED) is 0.771. The number of rotatable bonds is 8. The Labute approximate surface area is 153 Å². The van der Waals surface area contributed by atoms with Crippen LogP contribution in [0.1, 0.15) is 50.1 Å². The number of hydrogen-bond acceptors (Lipinski definition) is 3. The van der Waals surface area contributed by atoms with Gasteiger partial charge in [0.25, 0.3) is 0 Å². The Balaban J connectivity index is 2.15. The molecule has 2 atom stereocenters. The second-order valence-electron chi connectivity index (χ2n) is 6.24. The molecular formula is C20H26N2O2S. The second-order valence-corrected chi connectivity index (χ2v) is 7.22. The van der Waals surface area contributed by atoms with E-state index in [0.29, 0.717) is 6.54 Å². The van der Waals surface area contributed by atoms with Gasteiger partial charge in [0, 0.05) is 24.4 Å². The Morgan fingerprint density at radius 2 is 1.88 bits per heavy atom. The molecule has 0 saturated heterocycles. The van der Waals surface area contributed by atoms with Crippen molar-refractivity contribution in [3.8, 4) is 0 Å². The summed E-state index contributed by atoms with van der Waals surface area (Å²) in [6, 6.07) is 13.8. The van der Waals surface area contributed by atoms with E-state index < -0.39 is 0 Å². The first-order valence-corrected chi connectivity index (χ1v) is 9.53. The van der Waals surface area contributed by atoms with Crippen LogP contribution in [-0.2, 0) is 16.1 Å². The molecule has 4 nitrogen and oxygen atoms in total. The zero-order valence-corrected chi connectivity index (χ0v) is 15.9. The van der Waals surface area contributed by atoms with Gasteiger partial charge in [-0.15, -0.1) is 11.3 Å². The van der Waals surface area contributed by atoms with E-state index in [2.05, 4.69) is 19.2 Å². The summed E-state index contributed by atoms with van der Waals surface area (Å²) < 4.78 is 0. The van der Waals surface area contributed by atoms with Crippen molar-refractivity contribution >= 4 is 23.2 Å². The molecule has 1 aromatic heterocycles. The van der Waals surface area contributed by atoms with Crippen LogP contribution in [0.5, 0.6) is 0 Å². The third kappa shape index (κ3) is 5.71. The molecule has 1 aromatic carbocycles.